The van der Waals surface area contributed by atoms with Gasteiger partial charge in [0.05, 0.1) is 5.75 Å². The molecule has 1 unspecified atom stereocenters. The highest BCUT2D eigenvalue weighted by Crippen LogP contribution is 2.18. The highest BCUT2D eigenvalue weighted by Gasteiger charge is 2.29. The Kier molecular flexibility index (Phi) is 5.39. The monoisotopic (exact) mass is 262 g/mol. The topological polar surface area (TPSA) is 89.3 Å². The van der Waals surface area contributed by atoms with Crippen molar-refractivity contribution in [1.29, 1.82) is 0 Å². The summed E-state index contributed by atoms with van der Waals surface area (Å²) < 4.78 is 23.6. The molecule has 1 atom stereocenters. The van der Waals surface area contributed by atoms with Crippen molar-refractivity contribution >= 4 is 15.7 Å². The molecule has 0 spiro atoms. The van der Waals surface area contributed by atoms with Gasteiger partial charge in [-0.05, 0) is 32.7 Å². The summed E-state index contributed by atoms with van der Waals surface area (Å²) >= 11 is 0. The van der Waals surface area contributed by atoms with Gasteiger partial charge in [-0.2, -0.15) is 0 Å². The van der Waals surface area contributed by atoms with Crippen molar-refractivity contribution in [3.05, 3.63) is 0 Å². The Labute approximate surface area is 103 Å². The summed E-state index contributed by atoms with van der Waals surface area (Å²) in [6.07, 6.45) is 4.55. The van der Waals surface area contributed by atoms with Crippen molar-refractivity contribution in [3.8, 4) is 0 Å². The van der Waals surface area contributed by atoms with Crippen LogP contribution in [-0.2, 0) is 14.6 Å². The zero-order chi connectivity index (χ0) is 12.9. The molecule has 1 fully saturated rings. The van der Waals surface area contributed by atoms with Crippen LogP contribution in [0.25, 0.3) is 0 Å². The largest absolute Gasteiger partial charge is 0.352 e. The minimum Gasteiger partial charge on any atom is -0.352 e. The molecule has 3 N–H and O–H groups in total. The Balaban J connectivity index is 2.49. The van der Waals surface area contributed by atoms with Gasteiger partial charge in [-0.15, -0.1) is 0 Å². The van der Waals surface area contributed by atoms with Gasteiger partial charge >= 0.3 is 0 Å². The van der Waals surface area contributed by atoms with E-state index in [9.17, 15) is 13.2 Å². The highest BCUT2D eigenvalue weighted by molar-refractivity contribution is 7.92. The van der Waals surface area contributed by atoms with E-state index in [1.54, 1.807) is 0 Å². The molecular weight excluding hydrogens is 240 g/mol. The minimum absolute atomic E-state index is 0.0112. The fourth-order valence-corrected chi connectivity index (χ4v) is 3.33. The lowest BCUT2D eigenvalue weighted by Gasteiger charge is -2.16. The lowest BCUT2D eigenvalue weighted by Crippen LogP contribution is -2.43. The van der Waals surface area contributed by atoms with Gasteiger partial charge in [0.1, 0.15) is 5.25 Å². The lowest BCUT2D eigenvalue weighted by atomic mass is 10.2. The summed E-state index contributed by atoms with van der Waals surface area (Å²) in [6, 6.07) is 0.162. The first-order valence-corrected chi connectivity index (χ1v) is 7.91. The first-order chi connectivity index (χ1) is 7.97. The van der Waals surface area contributed by atoms with Crippen molar-refractivity contribution in [3.63, 3.8) is 0 Å². The maximum Gasteiger partial charge on any atom is 0.238 e. The molecule has 0 aromatic carbocycles. The van der Waals surface area contributed by atoms with Crippen LogP contribution in [0.15, 0.2) is 0 Å². The summed E-state index contributed by atoms with van der Waals surface area (Å²) in [7, 11) is -3.36. The summed E-state index contributed by atoms with van der Waals surface area (Å²) in [5.41, 5.74) is 5.28. The van der Waals surface area contributed by atoms with Crippen LogP contribution in [0.4, 0.5) is 0 Å². The first-order valence-electron chi connectivity index (χ1n) is 6.19. The fraction of sp³-hybridized carbons (Fsp3) is 0.909. The number of carbonyl (C=O) groups excluding carboxylic acids is 1. The molecule has 5 nitrogen and oxygen atoms in total. The molecule has 17 heavy (non-hydrogen) atoms. The fourth-order valence-electron chi connectivity index (χ4n) is 2.01. The van der Waals surface area contributed by atoms with Gasteiger partial charge in [0.15, 0.2) is 9.84 Å². The third kappa shape index (κ3) is 4.27. The van der Waals surface area contributed by atoms with Crippen LogP contribution in [0.1, 0.15) is 39.0 Å². The highest BCUT2D eigenvalue weighted by atomic mass is 32.2. The molecule has 1 amide bonds. The SMILES string of the molecule is CC(C(=O)NC1CCCC1)S(=O)(=O)CCCN. The van der Waals surface area contributed by atoms with E-state index < -0.39 is 15.1 Å². The van der Waals surface area contributed by atoms with Gasteiger partial charge in [-0.1, -0.05) is 12.8 Å². The van der Waals surface area contributed by atoms with Gasteiger partial charge in [0.2, 0.25) is 5.91 Å². The maximum absolute atomic E-state index is 11.8. The number of carbonyl (C=O) groups is 1. The zero-order valence-electron chi connectivity index (χ0n) is 10.3. The van der Waals surface area contributed by atoms with Crippen LogP contribution in [0, 0.1) is 0 Å². The van der Waals surface area contributed by atoms with Crippen molar-refractivity contribution in [2.75, 3.05) is 12.3 Å². The number of sulfone groups is 1. The minimum atomic E-state index is -3.36. The molecule has 1 saturated carbocycles. The number of hydrogen-bond donors (Lipinski definition) is 2. The van der Waals surface area contributed by atoms with E-state index in [4.69, 9.17) is 5.73 Å². The predicted molar refractivity (Wildman–Crippen MR) is 67.3 cm³/mol. The summed E-state index contributed by atoms with van der Waals surface area (Å²) in [5.74, 6) is -0.378. The zero-order valence-corrected chi connectivity index (χ0v) is 11.1. The van der Waals surface area contributed by atoms with Crippen molar-refractivity contribution in [2.24, 2.45) is 5.73 Å². The molecule has 0 heterocycles. The average molecular weight is 262 g/mol. The average Bonchev–Trinajstić information content (AvgIpc) is 2.78. The molecule has 0 bridgehead atoms. The quantitative estimate of drug-likeness (QED) is 0.715. The van der Waals surface area contributed by atoms with Gasteiger partial charge in [0.25, 0.3) is 0 Å². The van der Waals surface area contributed by atoms with E-state index in [-0.39, 0.29) is 17.7 Å². The second-order valence-corrected chi connectivity index (χ2v) is 7.08. The van der Waals surface area contributed by atoms with E-state index in [0.29, 0.717) is 13.0 Å². The summed E-state index contributed by atoms with van der Waals surface area (Å²) in [6.45, 7) is 1.78. The van der Waals surface area contributed by atoms with E-state index in [2.05, 4.69) is 5.32 Å². The van der Waals surface area contributed by atoms with Crippen molar-refractivity contribution < 1.29 is 13.2 Å². The van der Waals surface area contributed by atoms with Crippen LogP contribution >= 0.6 is 0 Å². The van der Waals surface area contributed by atoms with Crippen LogP contribution in [0.3, 0.4) is 0 Å². The number of nitrogens with two attached hydrogens (primary N) is 1. The van der Waals surface area contributed by atoms with Crippen LogP contribution in [-0.4, -0.2) is 37.9 Å². The van der Waals surface area contributed by atoms with E-state index in [1.165, 1.54) is 6.92 Å². The number of hydrogen-bond acceptors (Lipinski definition) is 4. The predicted octanol–water partition coefficient (Wildman–Crippen LogP) is 0.197. The first kappa shape index (κ1) is 14.4. The molecule has 6 heteroatoms. The number of nitrogens with one attached hydrogen (secondary N) is 1. The molecule has 1 aliphatic carbocycles. The third-order valence-electron chi connectivity index (χ3n) is 3.24. The molecule has 100 valence electrons. The molecule has 0 aromatic heterocycles. The Morgan fingerprint density at radius 3 is 2.53 bits per heavy atom. The lowest BCUT2D eigenvalue weighted by molar-refractivity contribution is -0.121. The van der Waals surface area contributed by atoms with Crippen molar-refractivity contribution in [2.45, 2.75) is 50.3 Å². The molecule has 1 rings (SSSR count). The molecular formula is C11H22N2O3S. The number of rotatable bonds is 6. The maximum atomic E-state index is 11.8. The van der Waals surface area contributed by atoms with Crippen LogP contribution < -0.4 is 11.1 Å². The Morgan fingerprint density at radius 2 is 2.00 bits per heavy atom. The standard InChI is InChI=1S/C11H22N2O3S/c1-9(17(15,16)8-4-7-12)11(14)13-10-5-2-3-6-10/h9-10H,2-8,12H2,1H3,(H,13,14). The second kappa shape index (κ2) is 6.35. The van der Waals surface area contributed by atoms with Crippen LogP contribution in [0.5, 0.6) is 0 Å². The molecule has 1 aliphatic rings. The summed E-state index contributed by atoms with van der Waals surface area (Å²) in [4.78, 5) is 11.8. The van der Waals surface area contributed by atoms with E-state index in [1.807, 2.05) is 0 Å². The third-order valence-corrected chi connectivity index (χ3v) is 5.39. The van der Waals surface area contributed by atoms with Gasteiger partial charge < -0.3 is 11.1 Å². The molecule has 0 aromatic rings. The second-order valence-electron chi connectivity index (χ2n) is 4.64. The summed E-state index contributed by atoms with van der Waals surface area (Å²) in [5, 5.41) is 1.85. The Morgan fingerprint density at radius 1 is 1.41 bits per heavy atom. The molecule has 0 saturated heterocycles. The Bertz CT molecular complexity index is 348. The smallest absolute Gasteiger partial charge is 0.238 e. The van der Waals surface area contributed by atoms with Gasteiger partial charge in [-0.3, -0.25) is 4.79 Å². The molecule has 0 radical (unpaired) electrons. The van der Waals surface area contributed by atoms with E-state index >= 15 is 0 Å². The van der Waals surface area contributed by atoms with E-state index in [0.717, 1.165) is 25.7 Å². The normalized spacial score (nSPS) is 19.2. The Hall–Kier alpha value is -0.620. The van der Waals surface area contributed by atoms with Gasteiger partial charge in [-0.25, -0.2) is 8.42 Å². The number of amides is 1. The van der Waals surface area contributed by atoms with Gasteiger partial charge in [0, 0.05) is 6.04 Å². The van der Waals surface area contributed by atoms with Crippen LogP contribution in [0.2, 0.25) is 0 Å². The van der Waals surface area contributed by atoms with Crippen molar-refractivity contribution in [1.82, 2.24) is 5.32 Å². The molecule has 0 aliphatic heterocycles.